The van der Waals surface area contributed by atoms with Crippen LogP contribution in [-0.2, 0) is 4.79 Å². The maximum absolute atomic E-state index is 12.5. The Hall–Kier alpha value is -1.60. The molecular formula is C13H14BrNO5. The molecule has 2 atom stereocenters. The monoisotopic (exact) mass is 343 g/mol. The minimum absolute atomic E-state index is 0.0133. The van der Waals surface area contributed by atoms with E-state index in [0.717, 1.165) is 0 Å². The number of rotatable bonds is 3. The third-order valence-corrected chi connectivity index (χ3v) is 3.92. The number of carbonyl (C=O) groups is 2. The summed E-state index contributed by atoms with van der Waals surface area (Å²) < 4.78 is 5.61. The summed E-state index contributed by atoms with van der Waals surface area (Å²) in [5.41, 5.74) is 0.310. The van der Waals surface area contributed by atoms with Gasteiger partial charge in [0.05, 0.1) is 18.8 Å². The Morgan fingerprint density at radius 3 is 2.75 bits per heavy atom. The molecule has 6 nitrogen and oxygen atoms in total. The van der Waals surface area contributed by atoms with Crippen molar-refractivity contribution in [2.45, 2.75) is 18.6 Å². The Bertz CT molecular complexity index is 548. The van der Waals surface area contributed by atoms with Gasteiger partial charge in [-0.05, 0) is 34.1 Å². The number of carbonyl (C=O) groups excluding carboxylic acids is 1. The topological polar surface area (TPSA) is 87.1 Å². The third kappa shape index (κ3) is 2.78. The third-order valence-electron chi connectivity index (χ3n) is 3.23. The zero-order chi connectivity index (χ0) is 14.9. The van der Waals surface area contributed by atoms with Crippen molar-refractivity contribution < 1.29 is 24.5 Å². The number of hydrogen-bond acceptors (Lipinski definition) is 4. The van der Waals surface area contributed by atoms with E-state index in [1.54, 1.807) is 12.1 Å². The average molecular weight is 344 g/mol. The minimum atomic E-state index is -1.12. The van der Waals surface area contributed by atoms with E-state index >= 15 is 0 Å². The number of nitrogens with zero attached hydrogens (tertiary/aromatic N) is 1. The molecule has 1 aromatic rings. The number of carboxylic acids is 1. The van der Waals surface area contributed by atoms with Crippen molar-refractivity contribution in [2.75, 3.05) is 13.7 Å². The summed E-state index contributed by atoms with van der Waals surface area (Å²) in [5.74, 6) is -1.06. The lowest BCUT2D eigenvalue weighted by molar-refractivity contribution is -0.141. The van der Waals surface area contributed by atoms with E-state index in [-0.39, 0.29) is 13.0 Å². The number of aliphatic hydroxyl groups excluding tert-OH is 1. The van der Waals surface area contributed by atoms with E-state index in [9.17, 15) is 14.7 Å². The summed E-state index contributed by atoms with van der Waals surface area (Å²) in [6, 6.07) is 3.88. The SMILES string of the molecule is COc1ccc(Br)c(C(=O)N2C[C@H](O)C[C@@H]2C(=O)O)c1. The molecule has 7 heteroatoms. The molecule has 2 rings (SSSR count). The normalized spacial score (nSPS) is 21.9. The van der Waals surface area contributed by atoms with Gasteiger partial charge in [0.1, 0.15) is 11.8 Å². The number of aliphatic hydroxyl groups is 1. The number of halogens is 1. The first-order valence-electron chi connectivity index (χ1n) is 5.99. The highest BCUT2D eigenvalue weighted by Crippen LogP contribution is 2.27. The molecule has 0 unspecified atom stereocenters. The Labute approximate surface area is 124 Å². The number of amides is 1. The van der Waals surface area contributed by atoms with Crippen LogP contribution in [0.1, 0.15) is 16.8 Å². The second-order valence-electron chi connectivity index (χ2n) is 4.55. The van der Waals surface area contributed by atoms with Crippen LogP contribution in [0.4, 0.5) is 0 Å². The van der Waals surface area contributed by atoms with Crippen LogP contribution in [0.3, 0.4) is 0 Å². The summed E-state index contributed by atoms with van der Waals surface area (Å²) in [6.45, 7) is 0.0133. The van der Waals surface area contributed by atoms with E-state index < -0.39 is 24.0 Å². The molecule has 0 bridgehead atoms. The molecule has 1 amide bonds. The van der Waals surface area contributed by atoms with Gasteiger partial charge in [0.2, 0.25) is 0 Å². The van der Waals surface area contributed by atoms with E-state index in [1.807, 2.05) is 0 Å². The molecule has 1 heterocycles. The maximum atomic E-state index is 12.5. The summed E-state index contributed by atoms with van der Waals surface area (Å²) in [7, 11) is 1.48. The lowest BCUT2D eigenvalue weighted by Gasteiger charge is -2.22. The van der Waals surface area contributed by atoms with E-state index in [0.29, 0.717) is 15.8 Å². The summed E-state index contributed by atoms with van der Waals surface area (Å²) in [4.78, 5) is 24.8. The number of likely N-dealkylation sites (tertiary alicyclic amines) is 1. The standard InChI is InChI=1S/C13H14BrNO5/c1-20-8-2-3-10(14)9(5-8)12(17)15-6-7(16)4-11(15)13(18)19/h2-3,5,7,11,16H,4,6H2,1H3,(H,18,19)/t7-,11-/m1/s1. The number of benzene rings is 1. The molecule has 20 heavy (non-hydrogen) atoms. The lowest BCUT2D eigenvalue weighted by Crippen LogP contribution is -2.40. The van der Waals surface area contributed by atoms with Crippen molar-refractivity contribution in [3.05, 3.63) is 28.2 Å². The van der Waals surface area contributed by atoms with Crippen LogP contribution in [0, 0.1) is 0 Å². The molecule has 108 valence electrons. The van der Waals surface area contributed by atoms with Crippen LogP contribution in [-0.4, -0.2) is 52.8 Å². The van der Waals surface area contributed by atoms with Crippen LogP contribution >= 0.6 is 15.9 Å². The fourth-order valence-corrected chi connectivity index (χ4v) is 2.64. The Morgan fingerprint density at radius 1 is 1.45 bits per heavy atom. The highest BCUT2D eigenvalue weighted by Gasteiger charge is 2.39. The van der Waals surface area contributed by atoms with Crippen molar-refractivity contribution in [1.82, 2.24) is 4.90 Å². The Kier molecular flexibility index (Phi) is 4.29. The molecule has 1 aliphatic rings. The van der Waals surface area contributed by atoms with Gasteiger partial charge in [-0.2, -0.15) is 0 Å². The first-order valence-corrected chi connectivity index (χ1v) is 6.78. The van der Waals surface area contributed by atoms with Gasteiger partial charge in [-0.25, -0.2) is 4.79 Å². The molecule has 1 fully saturated rings. The van der Waals surface area contributed by atoms with Crippen LogP contribution in [0.15, 0.2) is 22.7 Å². The quantitative estimate of drug-likeness (QED) is 0.858. The van der Waals surface area contributed by atoms with Gasteiger partial charge < -0.3 is 19.8 Å². The minimum Gasteiger partial charge on any atom is -0.497 e. The van der Waals surface area contributed by atoms with Gasteiger partial charge in [-0.1, -0.05) is 0 Å². The predicted molar refractivity (Wildman–Crippen MR) is 73.8 cm³/mol. The molecule has 0 aromatic heterocycles. The van der Waals surface area contributed by atoms with Crippen LogP contribution in [0.5, 0.6) is 5.75 Å². The van der Waals surface area contributed by atoms with Crippen molar-refractivity contribution in [3.63, 3.8) is 0 Å². The van der Waals surface area contributed by atoms with Gasteiger partial charge in [-0.3, -0.25) is 4.79 Å². The van der Waals surface area contributed by atoms with Crippen molar-refractivity contribution in [1.29, 1.82) is 0 Å². The van der Waals surface area contributed by atoms with Crippen molar-refractivity contribution in [2.24, 2.45) is 0 Å². The van der Waals surface area contributed by atoms with E-state index in [2.05, 4.69) is 15.9 Å². The van der Waals surface area contributed by atoms with E-state index in [1.165, 1.54) is 18.1 Å². The van der Waals surface area contributed by atoms with Gasteiger partial charge in [0, 0.05) is 17.4 Å². The molecule has 1 aliphatic heterocycles. The highest BCUT2D eigenvalue weighted by atomic mass is 79.9. The summed E-state index contributed by atoms with van der Waals surface area (Å²) in [5, 5.41) is 18.7. The van der Waals surface area contributed by atoms with Crippen LogP contribution in [0.2, 0.25) is 0 Å². The van der Waals surface area contributed by atoms with Crippen LogP contribution < -0.4 is 4.74 Å². The Balaban J connectivity index is 2.33. The van der Waals surface area contributed by atoms with Gasteiger partial charge >= 0.3 is 5.97 Å². The predicted octanol–water partition coefficient (Wildman–Crippen LogP) is 1.12. The lowest BCUT2D eigenvalue weighted by atomic mass is 10.1. The second-order valence-corrected chi connectivity index (χ2v) is 5.40. The summed E-state index contributed by atoms with van der Waals surface area (Å²) in [6.07, 6.45) is -0.771. The fourth-order valence-electron chi connectivity index (χ4n) is 2.22. The summed E-state index contributed by atoms with van der Waals surface area (Å²) >= 11 is 3.27. The average Bonchev–Trinajstić information content (AvgIpc) is 2.81. The molecule has 0 aliphatic carbocycles. The second kappa shape index (κ2) is 5.80. The molecule has 1 saturated heterocycles. The first-order chi connectivity index (χ1) is 9.43. The van der Waals surface area contributed by atoms with Gasteiger partial charge in [-0.15, -0.1) is 0 Å². The van der Waals surface area contributed by atoms with Crippen molar-refractivity contribution in [3.8, 4) is 5.75 Å². The largest absolute Gasteiger partial charge is 0.497 e. The number of ether oxygens (including phenoxy) is 1. The smallest absolute Gasteiger partial charge is 0.326 e. The Morgan fingerprint density at radius 2 is 2.15 bits per heavy atom. The number of carboxylic acid groups (broad SMARTS) is 1. The molecule has 0 spiro atoms. The molecule has 1 aromatic carbocycles. The maximum Gasteiger partial charge on any atom is 0.326 e. The molecule has 2 N–H and O–H groups in total. The van der Waals surface area contributed by atoms with Gasteiger partial charge in [0.25, 0.3) is 5.91 Å². The van der Waals surface area contributed by atoms with E-state index in [4.69, 9.17) is 9.84 Å². The zero-order valence-corrected chi connectivity index (χ0v) is 12.3. The zero-order valence-electron chi connectivity index (χ0n) is 10.7. The highest BCUT2D eigenvalue weighted by molar-refractivity contribution is 9.10. The fraction of sp³-hybridized carbons (Fsp3) is 0.385. The first kappa shape index (κ1) is 14.8. The number of aliphatic carboxylic acids is 1. The number of methoxy groups -OCH3 is 1. The molecule has 0 radical (unpaired) electrons. The molecule has 0 saturated carbocycles. The molecular weight excluding hydrogens is 330 g/mol. The van der Waals surface area contributed by atoms with Gasteiger partial charge in [0.15, 0.2) is 0 Å². The number of β-amino-alcohol motifs (C(OH)–C–C–N with tert-alkyl or cyclic N) is 1. The van der Waals surface area contributed by atoms with Crippen molar-refractivity contribution >= 4 is 27.8 Å². The van der Waals surface area contributed by atoms with Crippen LogP contribution in [0.25, 0.3) is 0 Å². The number of hydrogen-bond donors (Lipinski definition) is 2.